The molecule has 5 nitrogen and oxygen atoms in total. The number of hydrogen-bond acceptors (Lipinski definition) is 4. The average molecular weight is 230 g/mol. The van der Waals surface area contributed by atoms with Crippen molar-refractivity contribution in [1.82, 2.24) is 5.32 Å². The Balaban J connectivity index is 2.13. The zero-order chi connectivity index (χ0) is 11.8. The first kappa shape index (κ1) is 13.4. The third-order valence-corrected chi connectivity index (χ3v) is 2.81. The van der Waals surface area contributed by atoms with Gasteiger partial charge in [0.1, 0.15) is 0 Å². The molecule has 1 fully saturated rings. The molecule has 1 heterocycles. The van der Waals surface area contributed by atoms with Crippen LogP contribution < -0.4 is 11.1 Å². The van der Waals surface area contributed by atoms with E-state index in [1.54, 1.807) is 7.11 Å². The van der Waals surface area contributed by atoms with E-state index in [-0.39, 0.29) is 18.1 Å². The van der Waals surface area contributed by atoms with E-state index in [4.69, 9.17) is 15.2 Å². The minimum Gasteiger partial charge on any atom is -0.380 e. The van der Waals surface area contributed by atoms with Crippen molar-refractivity contribution in [2.75, 3.05) is 26.8 Å². The normalized spacial score (nSPS) is 22.8. The maximum Gasteiger partial charge on any atom is 0.222 e. The molecule has 0 radical (unpaired) electrons. The molecular formula is C11H22N2O3. The number of ether oxygens (including phenoxy) is 2. The van der Waals surface area contributed by atoms with Gasteiger partial charge in [-0.15, -0.1) is 0 Å². The fourth-order valence-electron chi connectivity index (χ4n) is 1.74. The molecule has 0 aromatic carbocycles. The van der Waals surface area contributed by atoms with Crippen molar-refractivity contribution in [3.8, 4) is 0 Å². The van der Waals surface area contributed by atoms with E-state index in [0.29, 0.717) is 19.5 Å². The molecule has 2 atom stereocenters. The van der Waals surface area contributed by atoms with Gasteiger partial charge in [0.25, 0.3) is 0 Å². The second-order valence-electron chi connectivity index (χ2n) is 4.09. The molecule has 0 saturated carbocycles. The maximum atomic E-state index is 11.5. The van der Waals surface area contributed by atoms with Crippen LogP contribution in [0.15, 0.2) is 0 Å². The number of nitrogens with two attached hydrogens (primary N) is 1. The molecule has 3 N–H and O–H groups in total. The average Bonchev–Trinajstić information content (AvgIpc) is 2.34. The zero-order valence-corrected chi connectivity index (χ0v) is 9.91. The van der Waals surface area contributed by atoms with Crippen LogP contribution in [0.2, 0.25) is 0 Å². The van der Waals surface area contributed by atoms with Crippen molar-refractivity contribution in [2.45, 2.75) is 37.9 Å². The first-order valence-electron chi connectivity index (χ1n) is 5.87. The standard InChI is InChI=1S/C11H22N2O3/c1-15-10(7-12)6-11(14)13-8-9-4-2-3-5-16-9/h9-10H,2-8,12H2,1H3,(H,13,14). The van der Waals surface area contributed by atoms with Gasteiger partial charge in [-0.25, -0.2) is 0 Å². The van der Waals surface area contributed by atoms with Crippen LogP contribution >= 0.6 is 0 Å². The summed E-state index contributed by atoms with van der Waals surface area (Å²) in [5, 5.41) is 2.85. The van der Waals surface area contributed by atoms with Crippen molar-refractivity contribution in [1.29, 1.82) is 0 Å². The Hall–Kier alpha value is -0.650. The highest BCUT2D eigenvalue weighted by Crippen LogP contribution is 2.11. The number of nitrogens with one attached hydrogen (secondary N) is 1. The Labute approximate surface area is 96.7 Å². The Bertz CT molecular complexity index is 201. The third-order valence-electron chi connectivity index (χ3n) is 2.81. The first-order chi connectivity index (χ1) is 7.76. The largest absolute Gasteiger partial charge is 0.380 e. The monoisotopic (exact) mass is 230 g/mol. The summed E-state index contributed by atoms with van der Waals surface area (Å²) in [6.07, 6.45) is 3.65. The van der Waals surface area contributed by atoms with E-state index in [1.807, 2.05) is 0 Å². The van der Waals surface area contributed by atoms with Gasteiger partial charge < -0.3 is 20.5 Å². The molecule has 1 amide bonds. The molecule has 5 heteroatoms. The van der Waals surface area contributed by atoms with E-state index >= 15 is 0 Å². The molecular weight excluding hydrogens is 208 g/mol. The first-order valence-corrected chi connectivity index (χ1v) is 5.87. The third kappa shape index (κ3) is 4.92. The summed E-state index contributed by atoms with van der Waals surface area (Å²) in [5.74, 6) is -0.0218. The summed E-state index contributed by atoms with van der Waals surface area (Å²) >= 11 is 0. The van der Waals surface area contributed by atoms with E-state index in [2.05, 4.69) is 5.32 Å². The van der Waals surface area contributed by atoms with E-state index < -0.39 is 0 Å². The van der Waals surface area contributed by atoms with Gasteiger partial charge in [-0.2, -0.15) is 0 Å². The second-order valence-corrected chi connectivity index (χ2v) is 4.09. The van der Waals surface area contributed by atoms with Gasteiger partial charge in [-0.1, -0.05) is 0 Å². The van der Waals surface area contributed by atoms with Gasteiger partial charge in [0.15, 0.2) is 0 Å². The Morgan fingerprint density at radius 2 is 2.44 bits per heavy atom. The fraction of sp³-hybridized carbons (Fsp3) is 0.909. The lowest BCUT2D eigenvalue weighted by Crippen LogP contribution is -2.38. The number of hydrogen-bond donors (Lipinski definition) is 2. The highest BCUT2D eigenvalue weighted by molar-refractivity contribution is 5.76. The van der Waals surface area contributed by atoms with E-state index in [1.165, 1.54) is 6.42 Å². The molecule has 1 rings (SSSR count). The molecule has 1 aliphatic heterocycles. The van der Waals surface area contributed by atoms with Crippen LogP contribution in [0.1, 0.15) is 25.7 Å². The minimum atomic E-state index is -0.188. The molecule has 16 heavy (non-hydrogen) atoms. The smallest absolute Gasteiger partial charge is 0.222 e. The van der Waals surface area contributed by atoms with Crippen molar-refractivity contribution >= 4 is 5.91 Å². The van der Waals surface area contributed by atoms with Crippen LogP contribution in [0.4, 0.5) is 0 Å². The topological polar surface area (TPSA) is 73.6 Å². The molecule has 0 aliphatic carbocycles. The van der Waals surface area contributed by atoms with Crippen LogP contribution in [0.5, 0.6) is 0 Å². The lowest BCUT2D eigenvalue weighted by molar-refractivity contribution is -0.124. The predicted molar refractivity (Wildman–Crippen MR) is 61.1 cm³/mol. The van der Waals surface area contributed by atoms with Gasteiger partial charge in [-0.3, -0.25) is 4.79 Å². The van der Waals surface area contributed by atoms with Crippen LogP contribution in [-0.4, -0.2) is 44.9 Å². The number of rotatable bonds is 6. The summed E-state index contributed by atoms with van der Waals surface area (Å²) in [6.45, 7) is 1.77. The van der Waals surface area contributed by atoms with Gasteiger partial charge in [0, 0.05) is 26.8 Å². The molecule has 2 unspecified atom stereocenters. The van der Waals surface area contributed by atoms with Crippen LogP contribution in [0, 0.1) is 0 Å². The molecule has 0 aromatic rings. The van der Waals surface area contributed by atoms with Gasteiger partial charge in [-0.05, 0) is 19.3 Å². The Morgan fingerprint density at radius 1 is 1.62 bits per heavy atom. The quantitative estimate of drug-likeness (QED) is 0.675. The van der Waals surface area contributed by atoms with Gasteiger partial charge >= 0.3 is 0 Å². The molecule has 94 valence electrons. The maximum absolute atomic E-state index is 11.5. The van der Waals surface area contributed by atoms with Crippen LogP contribution in [0.3, 0.4) is 0 Å². The fourth-order valence-corrected chi connectivity index (χ4v) is 1.74. The van der Waals surface area contributed by atoms with Crippen molar-refractivity contribution in [3.05, 3.63) is 0 Å². The van der Waals surface area contributed by atoms with Crippen LogP contribution in [0.25, 0.3) is 0 Å². The van der Waals surface area contributed by atoms with Crippen molar-refractivity contribution < 1.29 is 14.3 Å². The van der Waals surface area contributed by atoms with Crippen molar-refractivity contribution in [3.63, 3.8) is 0 Å². The SMILES string of the molecule is COC(CN)CC(=O)NCC1CCCCO1. The number of amides is 1. The lowest BCUT2D eigenvalue weighted by Gasteiger charge is -2.23. The summed E-state index contributed by atoms with van der Waals surface area (Å²) in [5.41, 5.74) is 5.44. The highest BCUT2D eigenvalue weighted by Gasteiger charge is 2.16. The molecule has 0 bridgehead atoms. The molecule has 1 saturated heterocycles. The van der Waals surface area contributed by atoms with Crippen LogP contribution in [-0.2, 0) is 14.3 Å². The number of carbonyl (C=O) groups is 1. The van der Waals surface area contributed by atoms with Gasteiger partial charge in [0.05, 0.1) is 18.6 Å². The highest BCUT2D eigenvalue weighted by atomic mass is 16.5. The summed E-state index contributed by atoms with van der Waals surface area (Å²) in [7, 11) is 1.56. The predicted octanol–water partition coefficient (Wildman–Crippen LogP) is 0.0355. The molecule has 0 spiro atoms. The second kappa shape index (κ2) is 7.60. The number of methoxy groups -OCH3 is 1. The Kier molecular flexibility index (Phi) is 6.37. The van der Waals surface area contributed by atoms with Crippen molar-refractivity contribution in [2.24, 2.45) is 5.73 Å². The summed E-state index contributed by atoms with van der Waals surface area (Å²) in [6, 6.07) is 0. The summed E-state index contributed by atoms with van der Waals surface area (Å²) < 4.78 is 10.6. The molecule has 0 aromatic heterocycles. The Morgan fingerprint density at radius 3 is 3.00 bits per heavy atom. The minimum absolute atomic E-state index is 0.0218. The van der Waals surface area contributed by atoms with E-state index in [0.717, 1.165) is 19.4 Å². The summed E-state index contributed by atoms with van der Waals surface area (Å²) in [4.78, 5) is 11.5. The lowest BCUT2D eigenvalue weighted by atomic mass is 10.1. The van der Waals surface area contributed by atoms with Gasteiger partial charge in [0.2, 0.25) is 5.91 Å². The molecule has 1 aliphatic rings. The zero-order valence-electron chi connectivity index (χ0n) is 9.91. The number of carbonyl (C=O) groups excluding carboxylic acids is 1. The van der Waals surface area contributed by atoms with E-state index in [9.17, 15) is 4.79 Å².